The molecule has 1 atom stereocenters. The largest absolute Gasteiger partial charge is 0.340 e. The van der Waals surface area contributed by atoms with E-state index in [1.54, 1.807) is 6.92 Å². The van der Waals surface area contributed by atoms with E-state index in [4.69, 9.17) is 9.05 Å². The molecule has 1 saturated heterocycles. The molecule has 1 unspecified atom stereocenters. The second-order valence-corrected chi connectivity index (χ2v) is 6.41. The lowest BCUT2D eigenvalue weighted by Crippen LogP contribution is -2.39. The van der Waals surface area contributed by atoms with E-state index in [0.29, 0.717) is 42.0 Å². The van der Waals surface area contributed by atoms with Gasteiger partial charge in [-0.05, 0) is 25.0 Å². The van der Waals surface area contributed by atoms with Gasteiger partial charge in [-0.1, -0.05) is 28.5 Å². The van der Waals surface area contributed by atoms with Crippen LogP contribution in [0, 0.1) is 6.92 Å². The van der Waals surface area contributed by atoms with Crippen LogP contribution in [0.1, 0.15) is 52.5 Å². The minimum Gasteiger partial charge on any atom is -0.340 e. The molecule has 2 aromatic heterocycles. The van der Waals surface area contributed by atoms with Crippen LogP contribution in [0.4, 0.5) is 0 Å². The first kappa shape index (κ1) is 16.4. The summed E-state index contributed by atoms with van der Waals surface area (Å²) in [4.78, 5) is 23.1. The monoisotopic (exact) mass is 353 g/mol. The second-order valence-electron chi connectivity index (χ2n) is 6.41. The van der Waals surface area contributed by atoms with Crippen molar-refractivity contribution >= 4 is 5.91 Å². The molecule has 26 heavy (non-hydrogen) atoms. The number of hydrogen-bond donors (Lipinski definition) is 0. The van der Waals surface area contributed by atoms with Crippen molar-refractivity contribution in [3.8, 4) is 0 Å². The molecule has 1 aliphatic rings. The number of piperidine rings is 1. The number of hydrogen-bond acceptors (Lipinski definition) is 7. The minimum atomic E-state index is 0.0392. The average Bonchev–Trinajstić information content (AvgIpc) is 3.31. The Morgan fingerprint density at radius 1 is 1.15 bits per heavy atom. The van der Waals surface area contributed by atoms with E-state index in [2.05, 4.69) is 20.3 Å². The Labute approximate surface area is 150 Å². The predicted octanol–water partition coefficient (Wildman–Crippen LogP) is 2.37. The maximum atomic E-state index is 12.7. The van der Waals surface area contributed by atoms with Gasteiger partial charge in [-0.25, -0.2) is 0 Å². The molecule has 0 aliphatic carbocycles. The van der Waals surface area contributed by atoms with E-state index >= 15 is 0 Å². The molecule has 0 radical (unpaired) electrons. The van der Waals surface area contributed by atoms with Gasteiger partial charge in [0.05, 0.1) is 12.3 Å². The topological polar surface area (TPSA) is 98.2 Å². The molecule has 1 aromatic carbocycles. The van der Waals surface area contributed by atoms with Gasteiger partial charge in [-0.2, -0.15) is 9.97 Å². The second kappa shape index (κ2) is 7.07. The summed E-state index contributed by atoms with van der Waals surface area (Å²) in [6, 6.07) is 9.32. The molecule has 134 valence electrons. The predicted molar refractivity (Wildman–Crippen MR) is 90.5 cm³/mol. The van der Waals surface area contributed by atoms with Gasteiger partial charge in [-0.15, -0.1) is 0 Å². The molecule has 1 amide bonds. The zero-order valence-corrected chi connectivity index (χ0v) is 14.5. The molecule has 8 nitrogen and oxygen atoms in total. The lowest BCUT2D eigenvalue weighted by atomic mass is 9.97. The number of benzene rings is 1. The van der Waals surface area contributed by atoms with E-state index in [1.165, 1.54) is 0 Å². The highest BCUT2D eigenvalue weighted by Crippen LogP contribution is 2.27. The number of nitrogens with zero attached hydrogens (tertiary/aromatic N) is 5. The van der Waals surface area contributed by atoms with Crippen LogP contribution in [0.5, 0.6) is 0 Å². The van der Waals surface area contributed by atoms with Crippen LogP contribution in [-0.2, 0) is 6.42 Å². The molecule has 4 rings (SSSR count). The maximum absolute atomic E-state index is 12.7. The standard InChI is InChI=1S/C18H19N5O3/c1-12-19-15(21-25-12)10-16-20-17(26-22-16)14-8-5-9-23(11-14)18(24)13-6-3-2-4-7-13/h2-4,6-7,14H,5,8-11H2,1H3. The van der Waals surface area contributed by atoms with Crippen LogP contribution in [0.15, 0.2) is 39.4 Å². The molecule has 0 N–H and O–H groups in total. The molecule has 8 heteroatoms. The van der Waals surface area contributed by atoms with Gasteiger partial charge in [0.2, 0.25) is 11.8 Å². The molecule has 1 aliphatic heterocycles. The Morgan fingerprint density at radius 3 is 2.69 bits per heavy atom. The number of aryl methyl sites for hydroxylation is 1. The van der Waals surface area contributed by atoms with Crippen molar-refractivity contribution in [2.24, 2.45) is 0 Å². The highest BCUT2D eigenvalue weighted by Gasteiger charge is 2.29. The van der Waals surface area contributed by atoms with Crippen molar-refractivity contribution in [1.29, 1.82) is 0 Å². The minimum absolute atomic E-state index is 0.0392. The smallest absolute Gasteiger partial charge is 0.253 e. The van der Waals surface area contributed by atoms with E-state index in [1.807, 2.05) is 35.2 Å². The molecule has 0 saturated carbocycles. The van der Waals surface area contributed by atoms with Crippen LogP contribution in [-0.4, -0.2) is 44.2 Å². The number of likely N-dealkylation sites (tertiary alicyclic amines) is 1. The Kier molecular flexibility index (Phi) is 4.47. The third-order valence-electron chi connectivity index (χ3n) is 4.45. The van der Waals surface area contributed by atoms with Crippen molar-refractivity contribution in [3.63, 3.8) is 0 Å². The fourth-order valence-electron chi connectivity index (χ4n) is 3.19. The summed E-state index contributed by atoms with van der Waals surface area (Å²) >= 11 is 0. The number of aromatic nitrogens is 4. The third-order valence-corrected chi connectivity index (χ3v) is 4.45. The molecule has 0 spiro atoms. The fraction of sp³-hybridized carbons (Fsp3) is 0.389. The summed E-state index contributed by atoms with van der Waals surface area (Å²) < 4.78 is 10.4. The number of amides is 1. The van der Waals surface area contributed by atoms with Crippen LogP contribution >= 0.6 is 0 Å². The normalized spacial score (nSPS) is 17.4. The lowest BCUT2D eigenvalue weighted by molar-refractivity contribution is 0.0695. The van der Waals surface area contributed by atoms with Gasteiger partial charge in [0.15, 0.2) is 11.6 Å². The van der Waals surface area contributed by atoms with Gasteiger partial charge in [-0.3, -0.25) is 4.79 Å². The summed E-state index contributed by atoms with van der Waals surface area (Å²) in [5, 5.41) is 7.85. The van der Waals surface area contributed by atoms with Crippen molar-refractivity contribution < 1.29 is 13.8 Å². The molecular formula is C18H19N5O3. The zero-order chi connectivity index (χ0) is 17.9. The first-order valence-corrected chi connectivity index (χ1v) is 8.65. The average molecular weight is 353 g/mol. The van der Waals surface area contributed by atoms with Gasteiger partial charge >= 0.3 is 0 Å². The summed E-state index contributed by atoms with van der Waals surface area (Å²) in [5.41, 5.74) is 0.701. The van der Waals surface area contributed by atoms with Gasteiger partial charge in [0, 0.05) is 25.6 Å². The Morgan fingerprint density at radius 2 is 1.92 bits per heavy atom. The summed E-state index contributed by atoms with van der Waals surface area (Å²) in [6.45, 7) is 3.06. The van der Waals surface area contributed by atoms with Crippen LogP contribution in [0.25, 0.3) is 0 Å². The third kappa shape index (κ3) is 3.49. The summed E-state index contributed by atoms with van der Waals surface area (Å²) in [6.07, 6.45) is 2.19. The number of carbonyl (C=O) groups is 1. The molecule has 3 aromatic rings. The van der Waals surface area contributed by atoms with Crippen LogP contribution in [0.3, 0.4) is 0 Å². The number of carbonyl (C=O) groups excluding carboxylic acids is 1. The fourth-order valence-corrected chi connectivity index (χ4v) is 3.19. The molecule has 0 bridgehead atoms. The zero-order valence-electron chi connectivity index (χ0n) is 14.5. The quantitative estimate of drug-likeness (QED) is 0.710. The Bertz CT molecular complexity index is 889. The van der Waals surface area contributed by atoms with Crippen molar-refractivity contribution in [3.05, 3.63) is 59.3 Å². The molecular weight excluding hydrogens is 334 g/mol. The highest BCUT2D eigenvalue weighted by atomic mass is 16.5. The Balaban J connectivity index is 1.44. The number of rotatable bonds is 4. The van der Waals surface area contributed by atoms with Gasteiger partial charge in [0.1, 0.15) is 0 Å². The van der Waals surface area contributed by atoms with Crippen LogP contribution < -0.4 is 0 Å². The Hall–Kier alpha value is -3.03. The van der Waals surface area contributed by atoms with E-state index < -0.39 is 0 Å². The van der Waals surface area contributed by atoms with Crippen molar-refractivity contribution in [2.75, 3.05) is 13.1 Å². The SMILES string of the molecule is Cc1nc(Cc2noc(C3CCCN(C(=O)c4ccccc4)C3)n2)no1. The summed E-state index contributed by atoms with van der Waals surface area (Å²) in [7, 11) is 0. The highest BCUT2D eigenvalue weighted by molar-refractivity contribution is 5.94. The van der Waals surface area contributed by atoms with Crippen molar-refractivity contribution in [1.82, 2.24) is 25.2 Å². The molecule has 3 heterocycles. The first-order valence-electron chi connectivity index (χ1n) is 8.65. The van der Waals surface area contributed by atoms with E-state index in [9.17, 15) is 4.79 Å². The summed E-state index contributed by atoms with van der Waals surface area (Å²) in [5.74, 6) is 2.20. The van der Waals surface area contributed by atoms with E-state index in [0.717, 1.165) is 19.4 Å². The van der Waals surface area contributed by atoms with Crippen LogP contribution in [0.2, 0.25) is 0 Å². The van der Waals surface area contributed by atoms with Crippen molar-refractivity contribution in [2.45, 2.75) is 32.1 Å². The first-order chi connectivity index (χ1) is 12.7. The van der Waals surface area contributed by atoms with Gasteiger partial charge < -0.3 is 13.9 Å². The lowest BCUT2D eigenvalue weighted by Gasteiger charge is -2.31. The maximum Gasteiger partial charge on any atom is 0.253 e. The molecule has 1 fully saturated rings. The van der Waals surface area contributed by atoms with E-state index in [-0.39, 0.29) is 11.8 Å². The van der Waals surface area contributed by atoms with Gasteiger partial charge in [0.25, 0.3) is 5.91 Å².